The summed E-state index contributed by atoms with van der Waals surface area (Å²) in [7, 11) is 1.66. The van der Waals surface area contributed by atoms with Gasteiger partial charge in [-0.1, -0.05) is 13.8 Å². The van der Waals surface area contributed by atoms with Crippen molar-refractivity contribution >= 4 is 21.8 Å². The molecule has 2 atom stereocenters. The number of hydrogen-bond donors (Lipinski definition) is 0. The molecule has 7 heteroatoms. The maximum absolute atomic E-state index is 12.8. The third kappa shape index (κ3) is 6.11. The quantitative estimate of drug-likeness (QED) is 0.596. The van der Waals surface area contributed by atoms with Gasteiger partial charge in [0.2, 0.25) is 5.91 Å². The molecule has 0 saturated carbocycles. The average molecular weight is 482 g/mol. The van der Waals surface area contributed by atoms with Crippen LogP contribution in [0.15, 0.2) is 16.6 Å². The lowest BCUT2D eigenvalue weighted by Crippen LogP contribution is -2.51. The number of piperazine rings is 1. The fourth-order valence-electron chi connectivity index (χ4n) is 4.70. The smallest absolute Gasteiger partial charge is 0.236 e. The zero-order valence-corrected chi connectivity index (χ0v) is 20.4. The molecule has 2 saturated heterocycles. The molecule has 30 heavy (non-hydrogen) atoms. The van der Waals surface area contributed by atoms with E-state index in [9.17, 15) is 4.79 Å². The summed E-state index contributed by atoms with van der Waals surface area (Å²) < 4.78 is 12.1. The van der Waals surface area contributed by atoms with Crippen LogP contribution in [0, 0.1) is 11.8 Å². The van der Waals surface area contributed by atoms with Gasteiger partial charge < -0.3 is 14.4 Å². The van der Waals surface area contributed by atoms with E-state index in [1.807, 2.05) is 6.92 Å². The van der Waals surface area contributed by atoms with E-state index in [-0.39, 0.29) is 0 Å². The molecule has 2 fully saturated rings. The third-order valence-corrected chi connectivity index (χ3v) is 6.61. The Hall–Kier alpha value is -1.31. The number of amides is 1. The van der Waals surface area contributed by atoms with Gasteiger partial charge in [-0.2, -0.15) is 0 Å². The maximum Gasteiger partial charge on any atom is 0.236 e. The Labute approximate surface area is 189 Å². The van der Waals surface area contributed by atoms with Gasteiger partial charge in [0.15, 0.2) is 11.5 Å². The summed E-state index contributed by atoms with van der Waals surface area (Å²) in [6, 6.07) is 4.18. The van der Waals surface area contributed by atoms with Crippen LogP contribution in [0.1, 0.15) is 32.8 Å². The molecule has 0 aromatic heterocycles. The number of rotatable bonds is 7. The van der Waals surface area contributed by atoms with Gasteiger partial charge in [-0.25, -0.2) is 0 Å². The molecular formula is C23H36BrN3O3. The Morgan fingerprint density at radius 3 is 2.33 bits per heavy atom. The summed E-state index contributed by atoms with van der Waals surface area (Å²) in [5, 5.41) is 0. The van der Waals surface area contributed by atoms with Crippen molar-refractivity contribution in [2.45, 2.75) is 33.7 Å². The Morgan fingerprint density at radius 2 is 1.73 bits per heavy atom. The van der Waals surface area contributed by atoms with Crippen molar-refractivity contribution < 1.29 is 14.3 Å². The first-order valence-corrected chi connectivity index (χ1v) is 11.9. The predicted molar refractivity (Wildman–Crippen MR) is 123 cm³/mol. The minimum atomic E-state index is 0.294. The average Bonchev–Trinajstić information content (AvgIpc) is 2.69. The summed E-state index contributed by atoms with van der Waals surface area (Å²) in [6.45, 7) is 14.1. The number of halogens is 1. The monoisotopic (exact) mass is 481 g/mol. The van der Waals surface area contributed by atoms with Crippen LogP contribution >= 0.6 is 15.9 Å². The summed E-state index contributed by atoms with van der Waals surface area (Å²) in [5.41, 5.74) is 1.20. The number of carbonyl (C=O) groups excluding carboxylic acids is 1. The van der Waals surface area contributed by atoms with E-state index in [0.717, 1.165) is 61.8 Å². The van der Waals surface area contributed by atoms with Crippen molar-refractivity contribution in [3.63, 3.8) is 0 Å². The van der Waals surface area contributed by atoms with Crippen LogP contribution in [-0.2, 0) is 11.3 Å². The second-order valence-electron chi connectivity index (χ2n) is 8.84. The van der Waals surface area contributed by atoms with Gasteiger partial charge >= 0.3 is 0 Å². The number of ether oxygens (including phenoxy) is 2. The molecule has 2 aliphatic rings. The molecule has 0 spiro atoms. The fraction of sp³-hybridized carbons (Fsp3) is 0.696. The highest BCUT2D eigenvalue weighted by molar-refractivity contribution is 9.10. The summed E-state index contributed by atoms with van der Waals surface area (Å²) >= 11 is 3.60. The van der Waals surface area contributed by atoms with E-state index in [4.69, 9.17) is 9.47 Å². The van der Waals surface area contributed by atoms with Crippen LogP contribution < -0.4 is 9.47 Å². The molecule has 2 aliphatic heterocycles. The van der Waals surface area contributed by atoms with Gasteiger partial charge in [0.05, 0.1) is 24.7 Å². The summed E-state index contributed by atoms with van der Waals surface area (Å²) in [5.74, 6) is 3.03. The van der Waals surface area contributed by atoms with Crippen molar-refractivity contribution in [2.24, 2.45) is 11.8 Å². The molecule has 0 unspecified atom stereocenters. The standard InChI is InChI=1S/C23H36BrN3O3/c1-5-30-21-12-19(11-20(24)23(21)29-4)15-25-6-8-26(9-7-25)16-22(28)27-13-17(2)10-18(3)14-27/h11-12,17-18H,5-10,13-16H2,1-4H3/t17-,18-/m1/s1. The summed E-state index contributed by atoms with van der Waals surface area (Å²) in [6.07, 6.45) is 1.23. The maximum atomic E-state index is 12.8. The van der Waals surface area contributed by atoms with Gasteiger partial charge in [0.1, 0.15) is 0 Å². The van der Waals surface area contributed by atoms with E-state index in [1.54, 1.807) is 7.11 Å². The number of piperidine rings is 1. The molecule has 0 aliphatic carbocycles. The summed E-state index contributed by atoms with van der Waals surface area (Å²) in [4.78, 5) is 19.6. The van der Waals surface area contributed by atoms with Gasteiger partial charge in [-0.15, -0.1) is 0 Å². The third-order valence-electron chi connectivity index (χ3n) is 6.02. The number of likely N-dealkylation sites (tertiary alicyclic amines) is 1. The molecule has 1 amide bonds. The Bertz CT molecular complexity index is 712. The number of methoxy groups -OCH3 is 1. The Morgan fingerprint density at radius 1 is 1.10 bits per heavy atom. The lowest BCUT2D eigenvalue weighted by molar-refractivity contribution is -0.135. The second kappa shape index (κ2) is 10.8. The highest BCUT2D eigenvalue weighted by Crippen LogP contribution is 2.37. The van der Waals surface area contributed by atoms with Crippen LogP contribution in [-0.4, -0.2) is 80.1 Å². The van der Waals surface area contributed by atoms with Gasteiger partial charge in [-0.3, -0.25) is 14.6 Å². The first-order valence-electron chi connectivity index (χ1n) is 11.1. The van der Waals surface area contributed by atoms with Crippen molar-refractivity contribution in [3.05, 3.63) is 22.2 Å². The Balaban J connectivity index is 1.50. The topological polar surface area (TPSA) is 45.2 Å². The van der Waals surface area contributed by atoms with Crippen molar-refractivity contribution in [1.82, 2.24) is 14.7 Å². The minimum absolute atomic E-state index is 0.294. The normalized spacial score (nSPS) is 23.4. The first kappa shape index (κ1) is 23.4. The van der Waals surface area contributed by atoms with E-state index >= 15 is 0 Å². The van der Waals surface area contributed by atoms with Gasteiger partial charge in [0.25, 0.3) is 0 Å². The van der Waals surface area contributed by atoms with E-state index < -0.39 is 0 Å². The fourth-order valence-corrected chi connectivity index (χ4v) is 5.35. The Kier molecular flexibility index (Phi) is 8.43. The van der Waals surface area contributed by atoms with E-state index in [2.05, 4.69) is 56.6 Å². The molecule has 0 N–H and O–H groups in total. The molecule has 168 valence electrons. The molecular weight excluding hydrogens is 446 g/mol. The van der Waals surface area contributed by atoms with Crippen molar-refractivity contribution in [1.29, 1.82) is 0 Å². The van der Waals surface area contributed by atoms with Crippen LogP contribution in [0.25, 0.3) is 0 Å². The molecule has 1 aromatic rings. The van der Waals surface area contributed by atoms with E-state index in [0.29, 0.717) is 30.9 Å². The van der Waals surface area contributed by atoms with Crippen LogP contribution in [0.2, 0.25) is 0 Å². The highest BCUT2D eigenvalue weighted by Gasteiger charge is 2.27. The molecule has 0 radical (unpaired) electrons. The van der Waals surface area contributed by atoms with E-state index in [1.165, 1.54) is 12.0 Å². The number of benzene rings is 1. The largest absolute Gasteiger partial charge is 0.492 e. The van der Waals surface area contributed by atoms with Crippen LogP contribution in [0.3, 0.4) is 0 Å². The molecule has 1 aromatic carbocycles. The van der Waals surface area contributed by atoms with Crippen molar-refractivity contribution in [2.75, 3.05) is 59.5 Å². The predicted octanol–water partition coefficient (Wildman–Crippen LogP) is 3.48. The highest BCUT2D eigenvalue weighted by atomic mass is 79.9. The van der Waals surface area contributed by atoms with Crippen LogP contribution in [0.4, 0.5) is 0 Å². The van der Waals surface area contributed by atoms with Gasteiger partial charge in [-0.05, 0) is 58.8 Å². The zero-order valence-electron chi connectivity index (χ0n) is 18.8. The number of carbonyl (C=O) groups is 1. The lowest BCUT2D eigenvalue weighted by atomic mass is 9.92. The second-order valence-corrected chi connectivity index (χ2v) is 9.69. The lowest BCUT2D eigenvalue weighted by Gasteiger charge is -2.38. The SMILES string of the molecule is CCOc1cc(CN2CCN(CC(=O)N3C[C@H](C)C[C@@H](C)C3)CC2)cc(Br)c1OC. The first-order chi connectivity index (χ1) is 14.4. The van der Waals surface area contributed by atoms with Gasteiger partial charge in [0, 0.05) is 45.8 Å². The zero-order chi connectivity index (χ0) is 21.7. The minimum Gasteiger partial charge on any atom is -0.492 e. The molecule has 2 heterocycles. The number of hydrogen-bond acceptors (Lipinski definition) is 5. The molecule has 0 bridgehead atoms. The van der Waals surface area contributed by atoms with Crippen molar-refractivity contribution in [3.8, 4) is 11.5 Å². The number of nitrogens with zero attached hydrogens (tertiary/aromatic N) is 3. The molecule has 6 nitrogen and oxygen atoms in total. The molecule has 3 rings (SSSR count). The van der Waals surface area contributed by atoms with Crippen LogP contribution in [0.5, 0.6) is 11.5 Å².